The molecule has 0 atom stereocenters. The van der Waals surface area contributed by atoms with Crippen LogP contribution in [0, 0.1) is 0 Å². The van der Waals surface area contributed by atoms with Crippen LogP contribution >= 0.6 is 11.3 Å². The quantitative estimate of drug-likeness (QED) is 0.930. The molecule has 2 aromatic heterocycles. The van der Waals surface area contributed by atoms with Crippen molar-refractivity contribution in [3.63, 3.8) is 0 Å². The average Bonchev–Trinajstić information content (AvgIpc) is 2.91. The molecule has 0 aliphatic rings. The zero-order valence-corrected chi connectivity index (χ0v) is 12.4. The first-order chi connectivity index (χ1) is 8.95. The van der Waals surface area contributed by atoms with E-state index in [0.29, 0.717) is 10.8 Å². The zero-order valence-electron chi connectivity index (χ0n) is 11.6. The molecule has 102 valence electrons. The van der Waals surface area contributed by atoms with Crippen molar-refractivity contribution in [3.8, 4) is 11.3 Å². The molecule has 0 radical (unpaired) electrons. The van der Waals surface area contributed by atoms with E-state index in [1.165, 1.54) is 11.3 Å². The third kappa shape index (κ3) is 2.42. The van der Waals surface area contributed by atoms with Gasteiger partial charge in [-0.3, -0.25) is 4.68 Å². The molecule has 0 spiro atoms. The number of aryl methyl sites for hydroxylation is 2. The fraction of sp³-hybridized carbons (Fsp3) is 0.429. The van der Waals surface area contributed by atoms with Gasteiger partial charge in [0.05, 0.1) is 11.9 Å². The molecule has 0 saturated carbocycles. The number of carboxylic acid groups (broad SMARTS) is 1. The van der Waals surface area contributed by atoms with Gasteiger partial charge in [-0.25, -0.2) is 4.79 Å². The van der Waals surface area contributed by atoms with Crippen molar-refractivity contribution in [3.05, 3.63) is 27.6 Å². The van der Waals surface area contributed by atoms with Crippen molar-refractivity contribution in [2.45, 2.75) is 33.1 Å². The van der Waals surface area contributed by atoms with Crippen molar-refractivity contribution in [2.24, 2.45) is 7.05 Å². The first-order valence-corrected chi connectivity index (χ1v) is 7.15. The zero-order chi connectivity index (χ0) is 14.2. The van der Waals surface area contributed by atoms with E-state index >= 15 is 0 Å². The normalized spacial score (nSPS) is 11.2. The molecule has 0 unspecified atom stereocenters. The van der Waals surface area contributed by atoms with E-state index in [-0.39, 0.29) is 0 Å². The lowest BCUT2D eigenvalue weighted by atomic mass is 9.99. The molecule has 19 heavy (non-hydrogen) atoms. The molecule has 0 aliphatic carbocycles. The number of carboxylic acids is 1. The van der Waals surface area contributed by atoms with Gasteiger partial charge in [0.2, 0.25) is 0 Å². The maximum Gasteiger partial charge on any atom is 0.345 e. The summed E-state index contributed by atoms with van der Waals surface area (Å²) in [5.41, 5.74) is 3.20. The first-order valence-electron chi connectivity index (χ1n) is 6.34. The van der Waals surface area contributed by atoms with Gasteiger partial charge in [0.15, 0.2) is 0 Å². The highest BCUT2D eigenvalue weighted by atomic mass is 32.1. The van der Waals surface area contributed by atoms with E-state index in [1.54, 1.807) is 6.07 Å². The number of nitrogens with zero attached hydrogens (tertiary/aromatic N) is 2. The highest BCUT2D eigenvalue weighted by Gasteiger charge is 2.20. The summed E-state index contributed by atoms with van der Waals surface area (Å²) in [6.45, 7) is 6.29. The number of hydrogen-bond donors (Lipinski definition) is 1. The summed E-state index contributed by atoms with van der Waals surface area (Å²) in [6, 6.07) is 1.77. The van der Waals surface area contributed by atoms with Crippen molar-refractivity contribution in [2.75, 3.05) is 0 Å². The van der Waals surface area contributed by atoms with Crippen LogP contribution in [0.15, 0.2) is 12.3 Å². The molecule has 0 fully saturated rings. The molecule has 2 rings (SSSR count). The monoisotopic (exact) mass is 278 g/mol. The largest absolute Gasteiger partial charge is 0.477 e. The molecular weight excluding hydrogens is 260 g/mol. The Kier molecular flexibility index (Phi) is 3.75. The molecule has 0 bridgehead atoms. The van der Waals surface area contributed by atoms with Crippen LogP contribution in [-0.2, 0) is 13.5 Å². The molecule has 0 amide bonds. The van der Waals surface area contributed by atoms with Crippen LogP contribution in [0.2, 0.25) is 0 Å². The predicted octanol–water partition coefficient (Wildman–Crippen LogP) is 3.53. The van der Waals surface area contributed by atoms with Gasteiger partial charge >= 0.3 is 5.97 Å². The summed E-state index contributed by atoms with van der Waals surface area (Å²) in [5.74, 6) is -0.499. The Balaban J connectivity index is 2.64. The van der Waals surface area contributed by atoms with E-state index in [2.05, 4.69) is 18.9 Å². The smallest absolute Gasteiger partial charge is 0.345 e. The standard InChI is InChI=1S/C14H18N2O2S/c1-5-11-9(6-12(19-11)14(17)18)13-10(8(2)3)7-15-16(13)4/h6-8H,5H2,1-4H3,(H,17,18). The Morgan fingerprint density at radius 1 is 1.53 bits per heavy atom. The van der Waals surface area contributed by atoms with Crippen molar-refractivity contribution in [1.29, 1.82) is 0 Å². The third-order valence-electron chi connectivity index (χ3n) is 3.19. The van der Waals surface area contributed by atoms with E-state index in [1.807, 2.05) is 24.9 Å². The van der Waals surface area contributed by atoms with Gasteiger partial charge in [0.1, 0.15) is 4.88 Å². The van der Waals surface area contributed by atoms with Crippen LogP contribution in [-0.4, -0.2) is 20.9 Å². The number of carbonyl (C=O) groups is 1. The van der Waals surface area contributed by atoms with Gasteiger partial charge in [0.25, 0.3) is 0 Å². The summed E-state index contributed by atoms with van der Waals surface area (Å²) in [6.07, 6.45) is 2.70. The molecule has 0 aromatic carbocycles. The minimum atomic E-state index is -0.862. The van der Waals surface area contributed by atoms with Crippen LogP contribution in [0.1, 0.15) is 46.8 Å². The number of aromatic nitrogens is 2. The fourth-order valence-corrected chi connectivity index (χ4v) is 3.14. The van der Waals surface area contributed by atoms with Crippen molar-refractivity contribution >= 4 is 17.3 Å². The fourth-order valence-electron chi connectivity index (χ4n) is 2.20. The number of aromatic carboxylic acids is 1. The van der Waals surface area contributed by atoms with Gasteiger partial charge in [-0.1, -0.05) is 20.8 Å². The molecule has 2 aromatic rings. The lowest BCUT2D eigenvalue weighted by Gasteiger charge is -2.09. The molecule has 1 N–H and O–H groups in total. The van der Waals surface area contributed by atoms with Gasteiger partial charge < -0.3 is 5.11 Å². The Hall–Kier alpha value is -1.62. The third-order valence-corrected chi connectivity index (χ3v) is 4.45. The topological polar surface area (TPSA) is 55.1 Å². The SMILES string of the molecule is CCc1sc(C(=O)O)cc1-c1c(C(C)C)cnn1C. The maximum atomic E-state index is 11.1. The second-order valence-corrected chi connectivity index (χ2v) is 5.97. The minimum absolute atomic E-state index is 0.363. The lowest BCUT2D eigenvalue weighted by molar-refractivity contribution is 0.0702. The minimum Gasteiger partial charge on any atom is -0.477 e. The number of thiophene rings is 1. The van der Waals surface area contributed by atoms with Gasteiger partial charge in [-0.05, 0) is 18.4 Å². The lowest BCUT2D eigenvalue weighted by Crippen LogP contribution is -1.98. The van der Waals surface area contributed by atoms with Gasteiger partial charge in [-0.2, -0.15) is 5.10 Å². The van der Waals surface area contributed by atoms with Crippen LogP contribution in [0.5, 0.6) is 0 Å². The van der Waals surface area contributed by atoms with E-state index in [4.69, 9.17) is 5.11 Å². The van der Waals surface area contributed by atoms with Gasteiger partial charge in [0, 0.05) is 23.1 Å². The molecular formula is C14H18N2O2S. The Bertz CT molecular complexity index is 611. The highest BCUT2D eigenvalue weighted by molar-refractivity contribution is 7.14. The Morgan fingerprint density at radius 3 is 2.74 bits per heavy atom. The van der Waals surface area contributed by atoms with Crippen LogP contribution in [0.25, 0.3) is 11.3 Å². The summed E-state index contributed by atoms with van der Waals surface area (Å²) in [4.78, 5) is 12.6. The molecule has 2 heterocycles. The van der Waals surface area contributed by atoms with Crippen LogP contribution < -0.4 is 0 Å². The van der Waals surface area contributed by atoms with E-state index < -0.39 is 5.97 Å². The first kappa shape index (κ1) is 13.8. The molecule has 4 nitrogen and oxygen atoms in total. The van der Waals surface area contributed by atoms with Gasteiger partial charge in [-0.15, -0.1) is 11.3 Å². The summed E-state index contributed by atoms with van der Waals surface area (Å²) in [7, 11) is 1.90. The molecule has 0 saturated heterocycles. The van der Waals surface area contributed by atoms with Crippen molar-refractivity contribution < 1.29 is 9.90 Å². The summed E-state index contributed by atoms with van der Waals surface area (Å²) < 4.78 is 1.84. The van der Waals surface area contributed by atoms with Crippen LogP contribution in [0.4, 0.5) is 0 Å². The number of rotatable bonds is 4. The Morgan fingerprint density at radius 2 is 2.21 bits per heavy atom. The highest BCUT2D eigenvalue weighted by Crippen LogP contribution is 2.36. The summed E-state index contributed by atoms with van der Waals surface area (Å²) >= 11 is 1.35. The summed E-state index contributed by atoms with van der Waals surface area (Å²) in [5, 5.41) is 13.5. The second-order valence-electron chi connectivity index (χ2n) is 4.83. The Labute approximate surface area is 116 Å². The van der Waals surface area contributed by atoms with Crippen molar-refractivity contribution in [1.82, 2.24) is 9.78 Å². The predicted molar refractivity (Wildman–Crippen MR) is 76.9 cm³/mol. The average molecular weight is 278 g/mol. The molecule has 0 aliphatic heterocycles. The molecule has 5 heteroatoms. The number of hydrogen-bond acceptors (Lipinski definition) is 3. The van der Waals surface area contributed by atoms with E-state index in [9.17, 15) is 4.79 Å². The second kappa shape index (κ2) is 5.17. The van der Waals surface area contributed by atoms with E-state index in [0.717, 1.165) is 28.1 Å². The maximum absolute atomic E-state index is 11.1. The van der Waals surface area contributed by atoms with Crippen LogP contribution in [0.3, 0.4) is 0 Å².